The number of hydrogen-bond acceptors (Lipinski definition) is 6. The van der Waals surface area contributed by atoms with Crippen molar-refractivity contribution in [2.24, 2.45) is 0 Å². The first-order valence-electron chi connectivity index (χ1n) is 5.39. The molecule has 0 aliphatic carbocycles. The second-order valence-corrected chi connectivity index (χ2v) is 4.69. The predicted molar refractivity (Wildman–Crippen MR) is 68.6 cm³/mol. The fourth-order valence-electron chi connectivity index (χ4n) is 1.52. The summed E-state index contributed by atoms with van der Waals surface area (Å²) in [5, 5.41) is 4.75. The Labute approximate surface area is 107 Å². The van der Waals surface area contributed by atoms with E-state index in [0.29, 0.717) is 22.6 Å². The summed E-state index contributed by atoms with van der Waals surface area (Å²) in [5.41, 5.74) is 0.517. The Morgan fingerprint density at radius 2 is 2.44 bits per heavy atom. The number of aromatic nitrogens is 2. The standard InChI is InChI=1S/C11H13N3O3S/c1-6(11(16)17-2)12-5-8-13-7-3-4-18-9(7)10(15)14-8/h3-4,6,12H,5H2,1-2H3,(H,13,14,15). The minimum Gasteiger partial charge on any atom is -0.468 e. The zero-order valence-electron chi connectivity index (χ0n) is 10.0. The molecular weight excluding hydrogens is 254 g/mol. The number of H-pyrrole nitrogens is 1. The molecule has 0 bridgehead atoms. The Kier molecular flexibility index (Phi) is 3.73. The van der Waals surface area contributed by atoms with E-state index in [0.717, 1.165) is 0 Å². The fourth-order valence-corrected chi connectivity index (χ4v) is 2.24. The van der Waals surface area contributed by atoms with Gasteiger partial charge in [-0.2, -0.15) is 0 Å². The first-order valence-corrected chi connectivity index (χ1v) is 6.27. The maximum atomic E-state index is 11.7. The van der Waals surface area contributed by atoms with Gasteiger partial charge in [0, 0.05) is 0 Å². The molecule has 2 N–H and O–H groups in total. The average Bonchev–Trinajstić information content (AvgIpc) is 2.83. The topological polar surface area (TPSA) is 84.1 Å². The molecule has 0 saturated heterocycles. The van der Waals surface area contributed by atoms with Gasteiger partial charge >= 0.3 is 5.97 Å². The third-order valence-corrected chi connectivity index (χ3v) is 3.40. The van der Waals surface area contributed by atoms with E-state index >= 15 is 0 Å². The lowest BCUT2D eigenvalue weighted by Gasteiger charge is -2.10. The van der Waals surface area contributed by atoms with Crippen molar-refractivity contribution in [3.8, 4) is 0 Å². The Bertz CT molecular complexity index is 619. The van der Waals surface area contributed by atoms with E-state index in [1.807, 2.05) is 5.38 Å². The van der Waals surface area contributed by atoms with Crippen LogP contribution in [0.15, 0.2) is 16.2 Å². The Hall–Kier alpha value is -1.73. The quantitative estimate of drug-likeness (QED) is 0.794. The highest BCUT2D eigenvalue weighted by Gasteiger charge is 2.13. The number of hydrogen-bond donors (Lipinski definition) is 2. The van der Waals surface area contributed by atoms with E-state index in [4.69, 9.17) is 0 Å². The number of carbonyl (C=O) groups excluding carboxylic acids is 1. The summed E-state index contributed by atoms with van der Waals surface area (Å²) in [4.78, 5) is 29.9. The van der Waals surface area contributed by atoms with Gasteiger partial charge in [-0.3, -0.25) is 14.9 Å². The van der Waals surface area contributed by atoms with Crippen molar-refractivity contribution in [2.45, 2.75) is 19.5 Å². The molecule has 2 aromatic heterocycles. The number of esters is 1. The molecule has 1 atom stereocenters. The molecule has 6 nitrogen and oxygen atoms in total. The summed E-state index contributed by atoms with van der Waals surface area (Å²) in [7, 11) is 1.33. The van der Waals surface area contributed by atoms with Crippen LogP contribution in [0.2, 0.25) is 0 Å². The summed E-state index contributed by atoms with van der Waals surface area (Å²) in [6, 6.07) is 1.35. The molecule has 0 amide bonds. The zero-order valence-corrected chi connectivity index (χ0v) is 10.8. The van der Waals surface area contributed by atoms with Gasteiger partial charge in [-0.1, -0.05) is 0 Å². The lowest BCUT2D eigenvalue weighted by atomic mass is 10.3. The second-order valence-electron chi connectivity index (χ2n) is 3.77. The first kappa shape index (κ1) is 12.7. The van der Waals surface area contributed by atoms with Gasteiger partial charge in [0.25, 0.3) is 5.56 Å². The summed E-state index contributed by atoms with van der Waals surface area (Å²) in [6.07, 6.45) is 0. The Balaban J connectivity index is 2.12. The highest BCUT2D eigenvalue weighted by Crippen LogP contribution is 2.13. The average molecular weight is 267 g/mol. The van der Waals surface area contributed by atoms with Crippen LogP contribution in [-0.4, -0.2) is 29.1 Å². The number of ether oxygens (including phenoxy) is 1. The fraction of sp³-hybridized carbons (Fsp3) is 0.364. The van der Waals surface area contributed by atoms with Gasteiger partial charge in [0.1, 0.15) is 16.6 Å². The van der Waals surface area contributed by atoms with Gasteiger partial charge in [-0.15, -0.1) is 11.3 Å². The maximum Gasteiger partial charge on any atom is 0.322 e. The zero-order chi connectivity index (χ0) is 13.1. The van der Waals surface area contributed by atoms with E-state index in [9.17, 15) is 9.59 Å². The molecule has 0 fully saturated rings. The molecule has 2 heterocycles. The first-order chi connectivity index (χ1) is 8.61. The SMILES string of the molecule is COC(=O)C(C)NCc1nc2ccsc2c(=O)[nH]1. The molecule has 7 heteroatoms. The van der Waals surface area contributed by atoms with E-state index in [1.54, 1.807) is 13.0 Å². The van der Waals surface area contributed by atoms with E-state index in [1.165, 1.54) is 18.4 Å². The number of fused-ring (bicyclic) bond motifs is 1. The van der Waals surface area contributed by atoms with Gasteiger partial charge in [-0.25, -0.2) is 4.98 Å². The third kappa shape index (κ3) is 2.57. The summed E-state index contributed by atoms with van der Waals surface area (Å²) < 4.78 is 5.20. The number of nitrogens with one attached hydrogen (secondary N) is 2. The minimum atomic E-state index is -0.446. The van der Waals surface area contributed by atoms with Crippen LogP contribution in [0.3, 0.4) is 0 Å². The minimum absolute atomic E-state index is 0.155. The number of aromatic amines is 1. The molecule has 1 unspecified atom stereocenters. The van der Waals surface area contributed by atoms with Crippen molar-refractivity contribution in [3.63, 3.8) is 0 Å². The normalized spacial score (nSPS) is 12.6. The number of thiophene rings is 1. The van der Waals surface area contributed by atoms with Crippen LogP contribution in [0.1, 0.15) is 12.7 Å². The number of rotatable bonds is 4. The van der Waals surface area contributed by atoms with E-state index < -0.39 is 6.04 Å². The molecule has 0 aliphatic rings. The number of nitrogens with zero attached hydrogens (tertiary/aromatic N) is 1. The van der Waals surface area contributed by atoms with Crippen molar-refractivity contribution >= 4 is 27.5 Å². The highest BCUT2D eigenvalue weighted by molar-refractivity contribution is 7.17. The van der Waals surface area contributed by atoms with Gasteiger partial charge in [0.05, 0.1) is 19.2 Å². The summed E-state index contributed by atoms with van der Waals surface area (Å²) >= 11 is 1.35. The highest BCUT2D eigenvalue weighted by atomic mass is 32.1. The van der Waals surface area contributed by atoms with Crippen LogP contribution in [0, 0.1) is 0 Å². The summed E-state index contributed by atoms with van der Waals surface area (Å²) in [5.74, 6) is 0.149. The smallest absolute Gasteiger partial charge is 0.322 e. The molecule has 0 radical (unpaired) electrons. The molecule has 0 saturated carbocycles. The molecule has 18 heavy (non-hydrogen) atoms. The number of methoxy groups -OCH3 is 1. The van der Waals surface area contributed by atoms with Gasteiger partial charge in [-0.05, 0) is 18.4 Å². The summed E-state index contributed by atoms with van der Waals surface area (Å²) in [6.45, 7) is 1.99. The van der Waals surface area contributed by atoms with E-state index in [-0.39, 0.29) is 11.5 Å². The molecule has 2 aromatic rings. The maximum absolute atomic E-state index is 11.7. The largest absolute Gasteiger partial charge is 0.468 e. The van der Waals surface area contributed by atoms with Crippen molar-refractivity contribution < 1.29 is 9.53 Å². The molecule has 0 aromatic carbocycles. The van der Waals surface area contributed by atoms with Crippen LogP contribution >= 0.6 is 11.3 Å². The molecule has 0 spiro atoms. The molecule has 0 aliphatic heterocycles. The number of carbonyl (C=O) groups is 1. The second kappa shape index (κ2) is 5.28. The van der Waals surface area contributed by atoms with Crippen LogP contribution in [0.4, 0.5) is 0 Å². The van der Waals surface area contributed by atoms with Crippen LogP contribution < -0.4 is 10.9 Å². The van der Waals surface area contributed by atoms with Crippen molar-refractivity contribution in [3.05, 3.63) is 27.6 Å². The van der Waals surface area contributed by atoms with Crippen molar-refractivity contribution in [1.29, 1.82) is 0 Å². The van der Waals surface area contributed by atoms with Gasteiger partial charge in [0.15, 0.2) is 0 Å². The predicted octanol–water partition coefficient (Wildman–Crippen LogP) is 0.636. The van der Waals surface area contributed by atoms with Gasteiger partial charge in [0.2, 0.25) is 0 Å². The lowest BCUT2D eigenvalue weighted by molar-refractivity contribution is -0.142. The molecule has 2 rings (SSSR count). The molecule has 96 valence electrons. The van der Waals surface area contributed by atoms with Crippen molar-refractivity contribution in [2.75, 3.05) is 7.11 Å². The van der Waals surface area contributed by atoms with Crippen molar-refractivity contribution in [1.82, 2.24) is 15.3 Å². The third-order valence-electron chi connectivity index (χ3n) is 2.49. The monoisotopic (exact) mass is 267 g/mol. The van der Waals surface area contributed by atoms with Crippen LogP contribution in [-0.2, 0) is 16.1 Å². The Morgan fingerprint density at radius 1 is 1.67 bits per heavy atom. The van der Waals surface area contributed by atoms with Gasteiger partial charge < -0.3 is 9.72 Å². The Morgan fingerprint density at radius 3 is 3.17 bits per heavy atom. The van der Waals surface area contributed by atoms with E-state index in [2.05, 4.69) is 20.0 Å². The van der Waals surface area contributed by atoms with Crippen LogP contribution in [0.5, 0.6) is 0 Å². The lowest BCUT2D eigenvalue weighted by Crippen LogP contribution is -2.35. The molecular formula is C11H13N3O3S. The van der Waals surface area contributed by atoms with Crippen LogP contribution in [0.25, 0.3) is 10.2 Å².